The first-order valence-electron chi connectivity index (χ1n) is 9.15. The summed E-state index contributed by atoms with van der Waals surface area (Å²) in [5.74, 6) is -0.380. The fourth-order valence-corrected chi connectivity index (χ4v) is 4.08. The second-order valence-corrected chi connectivity index (χ2v) is 7.05. The van der Waals surface area contributed by atoms with Gasteiger partial charge in [0.2, 0.25) is 5.91 Å². The number of methoxy groups -OCH3 is 1. The number of amides is 1. The Morgan fingerprint density at radius 1 is 1.35 bits per heavy atom. The van der Waals surface area contributed by atoms with Gasteiger partial charge in [0.1, 0.15) is 0 Å². The van der Waals surface area contributed by atoms with Gasteiger partial charge >= 0.3 is 6.18 Å². The number of nitrogens with one attached hydrogen (secondary N) is 1. The Kier molecular flexibility index (Phi) is 5.75. The van der Waals surface area contributed by atoms with Crippen molar-refractivity contribution in [2.45, 2.75) is 44.3 Å². The van der Waals surface area contributed by atoms with E-state index < -0.39 is 11.7 Å². The topological polar surface area (TPSA) is 41.6 Å². The normalized spacial score (nSPS) is 22.5. The van der Waals surface area contributed by atoms with Crippen LogP contribution in [-0.4, -0.2) is 38.8 Å². The third-order valence-corrected chi connectivity index (χ3v) is 5.33. The molecular weight excluding hydrogens is 345 g/mol. The Balaban J connectivity index is 1.82. The summed E-state index contributed by atoms with van der Waals surface area (Å²) in [7, 11) is 1.61. The molecule has 4 nitrogen and oxygen atoms in total. The minimum atomic E-state index is -4.37. The Hall–Kier alpha value is -1.76. The molecule has 2 atom stereocenters. The summed E-state index contributed by atoms with van der Waals surface area (Å²) < 4.78 is 44.2. The molecule has 0 bridgehead atoms. The molecule has 0 unspecified atom stereocenters. The lowest BCUT2D eigenvalue weighted by Gasteiger charge is -2.46. The molecule has 1 N–H and O–H groups in total. The highest BCUT2D eigenvalue weighted by molar-refractivity contribution is 5.82. The van der Waals surface area contributed by atoms with Gasteiger partial charge in [-0.1, -0.05) is 0 Å². The van der Waals surface area contributed by atoms with Crippen molar-refractivity contribution in [3.05, 3.63) is 29.3 Å². The number of carbonyl (C=O) groups excluding carboxylic acids is 1. The number of rotatable bonds is 5. The van der Waals surface area contributed by atoms with E-state index in [0.29, 0.717) is 25.1 Å². The molecule has 0 spiro atoms. The number of hydrogen-bond donors (Lipinski definition) is 1. The van der Waals surface area contributed by atoms with Crippen molar-refractivity contribution in [2.24, 2.45) is 5.92 Å². The van der Waals surface area contributed by atoms with Gasteiger partial charge in [-0.2, -0.15) is 13.2 Å². The van der Waals surface area contributed by atoms with Gasteiger partial charge in [0.25, 0.3) is 0 Å². The van der Waals surface area contributed by atoms with Crippen LogP contribution in [0.15, 0.2) is 18.2 Å². The number of carbonyl (C=O) groups is 1. The highest BCUT2D eigenvalue weighted by atomic mass is 19.4. The molecule has 1 saturated heterocycles. The van der Waals surface area contributed by atoms with E-state index in [-0.39, 0.29) is 17.9 Å². The Bertz CT molecular complexity index is 648. The summed E-state index contributed by atoms with van der Waals surface area (Å²) >= 11 is 0. The molecule has 0 radical (unpaired) electrons. The van der Waals surface area contributed by atoms with E-state index in [9.17, 15) is 18.0 Å². The van der Waals surface area contributed by atoms with Crippen LogP contribution in [0.25, 0.3) is 0 Å². The molecule has 1 aromatic carbocycles. The summed E-state index contributed by atoms with van der Waals surface area (Å²) in [6.07, 6.45) is -0.347. The molecule has 0 aliphatic carbocycles. The van der Waals surface area contributed by atoms with E-state index in [1.807, 2.05) is 0 Å². The predicted molar refractivity (Wildman–Crippen MR) is 93.1 cm³/mol. The van der Waals surface area contributed by atoms with Crippen molar-refractivity contribution < 1.29 is 22.7 Å². The first-order chi connectivity index (χ1) is 12.4. The van der Waals surface area contributed by atoms with Crippen LogP contribution in [0.3, 0.4) is 0 Å². The number of benzene rings is 1. The fourth-order valence-electron chi connectivity index (χ4n) is 4.08. The van der Waals surface area contributed by atoms with Gasteiger partial charge in [0.15, 0.2) is 0 Å². The zero-order valence-electron chi connectivity index (χ0n) is 14.9. The molecule has 1 aromatic rings. The maximum Gasteiger partial charge on any atom is 0.416 e. The molecule has 2 heterocycles. The standard InChI is InChI=1S/C19H25F3N2O2/c1-26-10-4-8-23-18(25)15-12-13-11-14(19(20,21)22)6-7-16(13)24-9-3-2-5-17(15)24/h6-7,11,15,17H,2-5,8-10,12H2,1H3,(H,23,25)/t15-,17-/m0/s1. The number of ether oxygens (including phenoxy) is 1. The number of fused-ring (bicyclic) bond motifs is 3. The molecule has 2 aliphatic heterocycles. The zero-order valence-corrected chi connectivity index (χ0v) is 14.9. The number of piperidine rings is 1. The lowest BCUT2D eigenvalue weighted by atomic mass is 9.80. The highest BCUT2D eigenvalue weighted by Gasteiger charge is 2.40. The molecule has 2 aliphatic rings. The third kappa shape index (κ3) is 3.98. The maximum absolute atomic E-state index is 13.1. The number of alkyl halides is 3. The molecule has 3 rings (SSSR count). The van der Waals surface area contributed by atoms with Crippen LogP contribution in [0.4, 0.5) is 18.9 Å². The molecule has 1 fully saturated rings. The van der Waals surface area contributed by atoms with Gasteiger partial charge < -0.3 is 15.0 Å². The Morgan fingerprint density at radius 3 is 2.88 bits per heavy atom. The summed E-state index contributed by atoms with van der Waals surface area (Å²) in [5, 5.41) is 2.93. The molecule has 0 saturated carbocycles. The number of nitrogens with zero attached hydrogens (tertiary/aromatic N) is 1. The van der Waals surface area contributed by atoms with Gasteiger partial charge in [0, 0.05) is 38.5 Å². The number of anilines is 1. The highest BCUT2D eigenvalue weighted by Crippen LogP contribution is 2.41. The maximum atomic E-state index is 13.1. The van der Waals surface area contributed by atoms with Gasteiger partial charge in [-0.05, 0) is 55.9 Å². The Labute approximate surface area is 151 Å². The second-order valence-electron chi connectivity index (χ2n) is 7.05. The van der Waals surface area contributed by atoms with Crippen LogP contribution in [0, 0.1) is 5.92 Å². The van der Waals surface area contributed by atoms with Crippen molar-refractivity contribution in [3.63, 3.8) is 0 Å². The molecule has 144 valence electrons. The molecule has 1 amide bonds. The molecule has 0 aromatic heterocycles. The van der Waals surface area contributed by atoms with E-state index >= 15 is 0 Å². The summed E-state index contributed by atoms with van der Waals surface area (Å²) in [5.41, 5.74) is 0.826. The van der Waals surface area contributed by atoms with Crippen molar-refractivity contribution >= 4 is 11.6 Å². The van der Waals surface area contributed by atoms with E-state index in [1.165, 1.54) is 6.07 Å². The smallest absolute Gasteiger partial charge is 0.385 e. The minimum absolute atomic E-state index is 0.0652. The van der Waals surface area contributed by atoms with E-state index in [2.05, 4.69) is 10.2 Å². The zero-order chi connectivity index (χ0) is 18.7. The van der Waals surface area contributed by atoms with Crippen molar-refractivity contribution in [1.82, 2.24) is 5.32 Å². The van der Waals surface area contributed by atoms with Crippen LogP contribution in [0.5, 0.6) is 0 Å². The molecule has 7 heteroatoms. The first kappa shape index (κ1) is 19.0. The predicted octanol–water partition coefficient (Wildman–Crippen LogP) is 3.39. The fraction of sp³-hybridized carbons (Fsp3) is 0.632. The summed E-state index contributed by atoms with van der Waals surface area (Å²) in [6, 6.07) is 4.00. The van der Waals surface area contributed by atoms with E-state index in [0.717, 1.165) is 44.0 Å². The molecule has 26 heavy (non-hydrogen) atoms. The average Bonchev–Trinajstić information content (AvgIpc) is 2.63. The van der Waals surface area contributed by atoms with Crippen LogP contribution in [-0.2, 0) is 22.1 Å². The lowest BCUT2D eigenvalue weighted by Crippen LogP contribution is -2.53. The average molecular weight is 370 g/mol. The molecular formula is C19H25F3N2O2. The van der Waals surface area contributed by atoms with Crippen LogP contribution in [0.1, 0.15) is 36.8 Å². The third-order valence-electron chi connectivity index (χ3n) is 5.33. The van der Waals surface area contributed by atoms with Crippen LogP contribution in [0.2, 0.25) is 0 Å². The SMILES string of the molecule is COCCCNC(=O)[C@H]1Cc2cc(C(F)(F)F)ccc2N2CCCC[C@@H]12. The van der Waals surface area contributed by atoms with Crippen molar-refractivity contribution in [3.8, 4) is 0 Å². The van der Waals surface area contributed by atoms with E-state index in [4.69, 9.17) is 4.74 Å². The quantitative estimate of drug-likeness (QED) is 0.808. The second kappa shape index (κ2) is 7.86. The lowest BCUT2D eigenvalue weighted by molar-refractivity contribution is -0.137. The van der Waals surface area contributed by atoms with Gasteiger partial charge in [-0.15, -0.1) is 0 Å². The Morgan fingerprint density at radius 2 is 2.15 bits per heavy atom. The van der Waals surface area contributed by atoms with Gasteiger partial charge in [-0.25, -0.2) is 0 Å². The number of halogens is 3. The largest absolute Gasteiger partial charge is 0.416 e. The van der Waals surface area contributed by atoms with Crippen molar-refractivity contribution in [1.29, 1.82) is 0 Å². The monoisotopic (exact) mass is 370 g/mol. The van der Waals surface area contributed by atoms with Gasteiger partial charge in [0.05, 0.1) is 11.5 Å². The van der Waals surface area contributed by atoms with Crippen LogP contribution >= 0.6 is 0 Å². The van der Waals surface area contributed by atoms with Gasteiger partial charge in [-0.3, -0.25) is 4.79 Å². The minimum Gasteiger partial charge on any atom is -0.385 e. The first-order valence-corrected chi connectivity index (χ1v) is 9.15. The summed E-state index contributed by atoms with van der Waals surface area (Å²) in [6.45, 7) is 1.88. The van der Waals surface area contributed by atoms with Crippen molar-refractivity contribution in [2.75, 3.05) is 31.7 Å². The van der Waals surface area contributed by atoms with E-state index in [1.54, 1.807) is 13.2 Å². The summed E-state index contributed by atoms with van der Waals surface area (Å²) in [4.78, 5) is 14.8. The van der Waals surface area contributed by atoms with Crippen LogP contribution < -0.4 is 10.2 Å². The number of hydrogen-bond acceptors (Lipinski definition) is 3.